The second-order valence-electron chi connectivity index (χ2n) is 3.94. The fourth-order valence-electron chi connectivity index (χ4n) is 1.46. The molecule has 0 atom stereocenters. The molecule has 0 spiro atoms. The molecule has 7 nitrogen and oxygen atoms in total. The predicted octanol–water partition coefficient (Wildman–Crippen LogP) is 1.35. The predicted molar refractivity (Wildman–Crippen MR) is 75.6 cm³/mol. The molecule has 20 heavy (non-hydrogen) atoms. The maximum Gasteiger partial charge on any atom is 0.262 e. The average molecular weight is 285 g/mol. The van der Waals surface area contributed by atoms with Crippen molar-refractivity contribution in [2.75, 3.05) is 52.5 Å². The van der Waals surface area contributed by atoms with Crippen LogP contribution in [0.15, 0.2) is 6.33 Å². The number of anilines is 1. The van der Waals surface area contributed by atoms with E-state index >= 15 is 0 Å². The molecule has 1 rings (SSSR count). The van der Waals surface area contributed by atoms with Crippen LogP contribution in [-0.2, 0) is 9.47 Å². The fraction of sp³-hybridized carbons (Fsp3) is 0.692. The SMILES string of the molecule is CCCNc1ncnc(OCCOCCOC)c1OC. The van der Waals surface area contributed by atoms with Crippen molar-refractivity contribution in [3.05, 3.63) is 6.33 Å². The molecule has 0 unspecified atom stereocenters. The minimum absolute atomic E-state index is 0.393. The zero-order valence-corrected chi connectivity index (χ0v) is 12.3. The first kappa shape index (κ1) is 16.5. The van der Waals surface area contributed by atoms with E-state index in [1.807, 2.05) is 0 Å². The Morgan fingerprint density at radius 2 is 1.90 bits per heavy atom. The number of nitrogens with one attached hydrogen (secondary N) is 1. The number of ether oxygens (including phenoxy) is 4. The molecule has 0 aliphatic rings. The highest BCUT2D eigenvalue weighted by Gasteiger charge is 2.12. The molecule has 7 heteroatoms. The molecule has 1 heterocycles. The van der Waals surface area contributed by atoms with Crippen molar-refractivity contribution >= 4 is 5.82 Å². The van der Waals surface area contributed by atoms with Gasteiger partial charge in [0.1, 0.15) is 12.9 Å². The zero-order chi connectivity index (χ0) is 14.6. The van der Waals surface area contributed by atoms with E-state index in [1.165, 1.54) is 6.33 Å². The summed E-state index contributed by atoms with van der Waals surface area (Å²) in [7, 11) is 3.20. The van der Waals surface area contributed by atoms with Crippen molar-refractivity contribution < 1.29 is 18.9 Å². The van der Waals surface area contributed by atoms with Crippen LogP contribution >= 0.6 is 0 Å². The number of hydrogen-bond acceptors (Lipinski definition) is 7. The van der Waals surface area contributed by atoms with Crippen molar-refractivity contribution in [1.29, 1.82) is 0 Å². The summed E-state index contributed by atoms with van der Waals surface area (Å²) < 4.78 is 21.0. The lowest BCUT2D eigenvalue weighted by atomic mass is 10.4. The number of hydrogen-bond donors (Lipinski definition) is 1. The third-order valence-corrected chi connectivity index (χ3v) is 2.42. The van der Waals surface area contributed by atoms with Crippen LogP contribution in [-0.4, -0.2) is 57.2 Å². The quantitative estimate of drug-likeness (QED) is 0.615. The second-order valence-corrected chi connectivity index (χ2v) is 3.94. The molecule has 0 radical (unpaired) electrons. The summed E-state index contributed by atoms with van der Waals surface area (Å²) in [6.45, 7) is 4.87. The third kappa shape index (κ3) is 5.58. The van der Waals surface area contributed by atoms with Crippen molar-refractivity contribution in [3.8, 4) is 11.6 Å². The molecule has 0 aliphatic carbocycles. The Kier molecular flexibility index (Phi) is 8.41. The first-order valence-corrected chi connectivity index (χ1v) is 6.65. The minimum atomic E-state index is 0.393. The Labute approximate surface area is 119 Å². The van der Waals surface area contributed by atoms with Crippen molar-refractivity contribution in [3.63, 3.8) is 0 Å². The third-order valence-electron chi connectivity index (χ3n) is 2.42. The lowest BCUT2D eigenvalue weighted by molar-refractivity contribution is 0.0531. The number of rotatable bonds is 11. The van der Waals surface area contributed by atoms with Crippen LogP contribution in [0.25, 0.3) is 0 Å². The summed E-state index contributed by atoms with van der Waals surface area (Å²) in [6.07, 6.45) is 2.44. The standard InChI is InChI=1S/C13H23N3O4/c1-4-5-14-12-11(18-3)13(16-10-15-12)20-9-8-19-7-6-17-2/h10H,4-9H2,1-3H3,(H,14,15,16). The molecule has 0 fully saturated rings. The maximum absolute atomic E-state index is 5.55. The van der Waals surface area contributed by atoms with Gasteiger partial charge in [-0.25, -0.2) is 4.98 Å². The first-order valence-electron chi connectivity index (χ1n) is 6.65. The van der Waals surface area contributed by atoms with E-state index in [0.29, 0.717) is 43.9 Å². The first-order chi connectivity index (χ1) is 9.83. The molecule has 0 amide bonds. The van der Waals surface area contributed by atoms with Gasteiger partial charge in [0.2, 0.25) is 5.75 Å². The molecule has 0 aliphatic heterocycles. The van der Waals surface area contributed by atoms with Crippen LogP contribution < -0.4 is 14.8 Å². The van der Waals surface area contributed by atoms with E-state index in [-0.39, 0.29) is 0 Å². The molecule has 0 bridgehead atoms. The van der Waals surface area contributed by atoms with Crippen LogP contribution in [0.1, 0.15) is 13.3 Å². The molecular weight excluding hydrogens is 262 g/mol. The van der Waals surface area contributed by atoms with Crippen LogP contribution in [0, 0.1) is 0 Å². The van der Waals surface area contributed by atoms with Gasteiger partial charge < -0.3 is 24.3 Å². The van der Waals surface area contributed by atoms with Gasteiger partial charge in [0.25, 0.3) is 5.88 Å². The summed E-state index contributed by atoms with van der Waals surface area (Å²) in [5, 5.41) is 3.17. The average Bonchev–Trinajstić information content (AvgIpc) is 2.48. The number of methoxy groups -OCH3 is 2. The normalized spacial score (nSPS) is 10.3. The van der Waals surface area contributed by atoms with Crippen LogP contribution in [0.5, 0.6) is 11.6 Å². The van der Waals surface area contributed by atoms with Gasteiger partial charge >= 0.3 is 0 Å². The maximum atomic E-state index is 5.55. The highest BCUT2D eigenvalue weighted by Crippen LogP contribution is 2.30. The van der Waals surface area contributed by atoms with Gasteiger partial charge in [-0.3, -0.25) is 0 Å². The molecule has 1 aromatic heterocycles. The summed E-state index contributed by atoms with van der Waals surface area (Å²) in [5.41, 5.74) is 0. The molecule has 114 valence electrons. The summed E-state index contributed by atoms with van der Waals surface area (Å²) in [4.78, 5) is 8.22. The molecule has 0 aromatic carbocycles. The molecular formula is C13H23N3O4. The molecule has 0 saturated carbocycles. The Hall–Kier alpha value is -1.60. The lowest BCUT2D eigenvalue weighted by Gasteiger charge is -2.13. The minimum Gasteiger partial charge on any atom is -0.489 e. The van der Waals surface area contributed by atoms with E-state index in [9.17, 15) is 0 Å². The highest BCUT2D eigenvalue weighted by molar-refractivity contribution is 5.54. The van der Waals surface area contributed by atoms with Gasteiger partial charge in [0.15, 0.2) is 5.82 Å². The number of aromatic nitrogens is 2. The van der Waals surface area contributed by atoms with Crippen molar-refractivity contribution in [2.24, 2.45) is 0 Å². The monoisotopic (exact) mass is 285 g/mol. The van der Waals surface area contributed by atoms with Gasteiger partial charge in [-0.05, 0) is 6.42 Å². The second kappa shape index (κ2) is 10.2. The Morgan fingerprint density at radius 3 is 2.60 bits per heavy atom. The van der Waals surface area contributed by atoms with E-state index in [0.717, 1.165) is 13.0 Å². The van der Waals surface area contributed by atoms with Crippen LogP contribution in [0.4, 0.5) is 5.82 Å². The molecule has 1 N–H and O–H groups in total. The van der Waals surface area contributed by atoms with Crippen molar-refractivity contribution in [2.45, 2.75) is 13.3 Å². The van der Waals surface area contributed by atoms with Crippen LogP contribution in [0.3, 0.4) is 0 Å². The lowest BCUT2D eigenvalue weighted by Crippen LogP contribution is -2.12. The van der Waals surface area contributed by atoms with Gasteiger partial charge in [-0.1, -0.05) is 6.92 Å². The van der Waals surface area contributed by atoms with Gasteiger partial charge in [0, 0.05) is 13.7 Å². The Bertz CT molecular complexity index is 377. The van der Waals surface area contributed by atoms with Crippen LogP contribution in [0.2, 0.25) is 0 Å². The molecule has 1 aromatic rings. The molecule has 0 saturated heterocycles. The fourth-order valence-corrected chi connectivity index (χ4v) is 1.46. The summed E-state index contributed by atoms with van der Waals surface area (Å²) >= 11 is 0. The zero-order valence-electron chi connectivity index (χ0n) is 12.3. The largest absolute Gasteiger partial charge is 0.489 e. The smallest absolute Gasteiger partial charge is 0.262 e. The van der Waals surface area contributed by atoms with Gasteiger partial charge in [-0.2, -0.15) is 4.98 Å². The van der Waals surface area contributed by atoms with E-state index in [4.69, 9.17) is 18.9 Å². The van der Waals surface area contributed by atoms with E-state index in [1.54, 1.807) is 14.2 Å². The highest BCUT2D eigenvalue weighted by atomic mass is 16.6. The summed E-state index contributed by atoms with van der Waals surface area (Å²) in [5.74, 6) is 1.56. The topological polar surface area (TPSA) is 74.7 Å². The Morgan fingerprint density at radius 1 is 1.10 bits per heavy atom. The van der Waals surface area contributed by atoms with E-state index in [2.05, 4.69) is 22.2 Å². The summed E-state index contributed by atoms with van der Waals surface area (Å²) in [6, 6.07) is 0. The number of nitrogens with zero attached hydrogens (tertiary/aromatic N) is 2. The Balaban J connectivity index is 2.47. The van der Waals surface area contributed by atoms with E-state index < -0.39 is 0 Å². The van der Waals surface area contributed by atoms with Crippen molar-refractivity contribution in [1.82, 2.24) is 9.97 Å². The van der Waals surface area contributed by atoms with Gasteiger partial charge in [-0.15, -0.1) is 0 Å². The van der Waals surface area contributed by atoms with Gasteiger partial charge in [0.05, 0.1) is 26.9 Å².